The molecule has 170 valence electrons. The van der Waals surface area contributed by atoms with Gasteiger partial charge in [0.05, 0.1) is 22.2 Å². The molecule has 6 nitrogen and oxygen atoms in total. The number of nitrogens with zero attached hydrogens (tertiary/aromatic N) is 1. The molecule has 1 saturated carbocycles. The Kier molecular flexibility index (Phi) is 7.19. The second kappa shape index (κ2) is 9.53. The van der Waals surface area contributed by atoms with Gasteiger partial charge in [0.15, 0.2) is 0 Å². The standard InChI is InChI=1S/C24H27ClN2O4S/c1-24(2,3)11-10-17-13-20(21(32-17)23(30)31)27(15-5-7-16(28)8-6-15)22(29)18-9-4-14(25)12-19(18)26/h4,9,12-13,15-16,28H,5-8,26H2,1-3H3,(H,30,31)/t15-,16-. The summed E-state index contributed by atoms with van der Waals surface area (Å²) in [6, 6.07) is 6.04. The molecule has 0 spiro atoms. The van der Waals surface area contributed by atoms with Crippen molar-refractivity contribution in [2.75, 3.05) is 10.6 Å². The number of carbonyl (C=O) groups is 2. The first-order valence-corrected chi connectivity index (χ1v) is 11.6. The van der Waals surface area contributed by atoms with Crippen molar-refractivity contribution in [1.82, 2.24) is 0 Å². The van der Waals surface area contributed by atoms with E-state index < -0.39 is 18.0 Å². The second-order valence-electron chi connectivity index (χ2n) is 9.00. The lowest BCUT2D eigenvalue weighted by Gasteiger charge is -2.36. The molecule has 0 unspecified atom stereocenters. The van der Waals surface area contributed by atoms with Crippen LogP contribution in [0.15, 0.2) is 24.3 Å². The second-order valence-corrected chi connectivity index (χ2v) is 10.5. The molecule has 8 heteroatoms. The minimum absolute atomic E-state index is 0.0511. The number of benzene rings is 1. The van der Waals surface area contributed by atoms with E-state index in [9.17, 15) is 19.8 Å². The fraction of sp³-hybridized carbons (Fsp3) is 0.417. The number of aliphatic hydroxyl groups excluding tert-OH is 1. The molecule has 3 rings (SSSR count). The Labute approximate surface area is 197 Å². The van der Waals surface area contributed by atoms with Gasteiger partial charge in [-0.3, -0.25) is 4.79 Å². The first-order valence-electron chi connectivity index (χ1n) is 10.4. The van der Waals surface area contributed by atoms with Crippen molar-refractivity contribution in [2.24, 2.45) is 5.41 Å². The normalized spacial score (nSPS) is 18.5. The SMILES string of the molecule is CC(C)(C)C#Cc1cc(N(C(=O)c2ccc(Cl)cc2N)[C@H]2CC[C@H](O)CC2)c(C(=O)O)s1. The van der Waals surface area contributed by atoms with E-state index in [-0.39, 0.29) is 27.6 Å². The number of carboxylic acids is 1. The largest absolute Gasteiger partial charge is 0.477 e. The van der Waals surface area contributed by atoms with Gasteiger partial charge < -0.3 is 20.8 Å². The fourth-order valence-corrected chi connectivity index (χ4v) is 4.69. The molecule has 1 heterocycles. The number of thiophene rings is 1. The van der Waals surface area contributed by atoms with Gasteiger partial charge in [-0.1, -0.05) is 23.4 Å². The molecular formula is C24H27ClN2O4S. The van der Waals surface area contributed by atoms with Crippen LogP contribution in [0.25, 0.3) is 0 Å². The summed E-state index contributed by atoms with van der Waals surface area (Å²) in [7, 11) is 0. The molecule has 0 aliphatic heterocycles. The van der Waals surface area contributed by atoms with Gasteiger partial charge in [-0.25, -0.2) is 4.79 Å². The van der Waals surface area contributed by atoms with E-state index in [1.54, 1.807) is 18.2 Å². The summed E-state index contributed by atoms with van der Waals surface area (Å²) >= 11 is 7.05. The van der Waals surface area contributed by atoms with E-state index in [1.165, 1.54) is 11.0 Å². The number of anilines is 2. The Bertz CT molecular complexity index is 1090. The van der Waals surface area contributed by atoms with Crippen LogP contribution in [-0.2, 0) is 0 Å². The molecule has 0 bridgehead atoms. The van der Waals surface area contributed by atoms with Crippen molar-refractivity contribution >= 4 is 46.2 Å². The molecule has 0 atom stereocenters. The number of aliphatic hydroxyl groups is 1. The lowest BCUT2D eigenvalue weighted by molar-refractivity contribution is 0.0702. The summed E-state index contributed by atoms with van der Waals surface area (Å²) < 4.78 is 0. The average molecular weight is 475 g/mol. The Morgan fingerprint density at radius 2 is 1.84 bits per heavy atom. The summed E-state index contributed by atoms with van der Waals surface area (Å²) in [5.74, 6) is 4.65. The molecule has 2 aromatic rings. The highest BCUT2D eigenvalue weighted by atomic mass is 35.5. The lowest BCUT2D eigenvalue weighted by Crippen LogP contribution is -2.44. The van der Waals surface area contributed by atoms with Gasteiger partial charge in [0, 0.05) is 22.2 Å². The third-order valence-corrected chi connectivity index (χ3v) is 6.48. The predicted octanol–water partition coefficient (Wildman–Crippen LogP) is 5.03. The van der Waals surface area contributed by atoms with Crippen LogP contribution in [0.5, 0.6) is 0 Å². The number of hydrogen-bond donors (Lipinski definition) is 3. The maximum atomic E-state index is 13.7. The van der Waals surface area contributed by atoms with E-state index in [0.29, 0.717) is 41.3 Å². The van der Waals surface area contributed by atoms with Crippen molar-refractivity contribution in [3.05, 3.63) is 44.6 Å². The molecule has 1 aromatic heterocycles. The van der Waals surface area contributed by atoms with Gasteiger partial charge in [0.1, 0.15) is 4.88 Å². The zero-order valence-corrected chi connectivity index (χ0v) is 19.9. The zero-order chi connectivity index (χ0) is 23.6. The van der Waals surface area contributed by atoms with Crippen molar-refractivity contribution < 1.29 is 19.8 Å². The number of rotatable bonds is 4. The van der Waals surface area contributed by atoms with Crippen LogP contribution in [0.3, 0.4) is 0 Å². The number of amides is 1. The number of carboxylic acid groups (broad SMARTS) is 1. The van der Waals surface area contributed by atoms with E-state index in [4.69, 9.17) is 17.3 Å². The summed E-state index contributed by atoms with van der Waals surface area (Å²) in [6.45, 7) is 5.91. The van der Waals surface area contributed by atoms with E-state index in [0.717, 1.165) is 11.3 Å². The van der Waals surface area contributed by atoms with Crippen LogP contribution in [-0.4, -0.2) is 34.2 Å². The maximum absolute atomic E-state index is 13.7. The molecule has 1 aliphatic rings. The molecule has 32 heavy (non-hydrogen) atoms. The highest BCUT2D eigenvalue weighted by Crippen LogP contribution is 2.37. The highest BCUT2D eigenvalue weighted by Gasteiger charge is 2.34. The van der Waals surface area contributed by atoms with E-state index in [2.05, 4.69) is 11.8 Å². The van der Waals surface area contributed by atoms with Gasteiger partial charge in [-0.15, -0.1) is 11.3 Å². The van der Waals surface area contributed by atoms with E-state index in [1.807, 2.05) is 20.8 Å². The minimum atomic E-state index is -1.12. The van der Waals surface area contributed by atoms with Crippen molar-refractivity contribution in [3.8, 4) is 11.8 Å². The molecule has 1 aliphatic carbocycles. The molecule has 0 saturated heterocycles. The van der Waals surface area contributed by atoms with Crippen LogP contribution >= 0.6 is 22.9 Å². The fourth-order valence-electron chi connectivity index (χ4n) is 3.67. The van der Waals surface area contributed by atoms with Gasteiger partial charge in [0.2, 0.25) is 0 Å². The Hall–Kier alpha value is -2.53. The van der Waals surface area contributed by atoms with Crippen molar-refractivity contribution in [2.45, 2.75) is 58.6 Å². The third kappa shape index (κ3) is 5.63. The number of aromatic carboxylic acids is 1. The Morgan fingerprint density at radius 1 is 1.19 bits per heavy atom. The number of nitrogens with two attached hydrogens (primary N) is 1. The van der Waals surface area contributed by atoms with Gasteiger partial charge in [0.25, 0.3) is 5.91 Å². The Balaban J connectivity index is 2.12. The molecule has 1 amide bonds. The van der Waals surface area contributed by atoms with Crippen LogP contribution in [0.4, 0.5) is 11.4 Å². The Morgan fingerprint density at radius 3 is 2.41 bits per heavy atom. The van der Waals surface area contributed by atoms with Gasteiger partial charge in [-0.05, 0) is 70.7 Å². The van der Waals surface area contributed by atoms with Crippen molar-refractivity contribution in [3.63, 3.8) is 0 Å². The smallest absolute Gasteiger partial charge is 0.348 e. The topological polar surface area (TPSA) is 104 Å². The van der Waals surface area contributed by atoms with Crippen molar-refractivity contribution in [1.29, 1.82) is 0 Å². The highest BCUT2D eigenvalue weighted by molar-refractivity contribution is 7.15. The number of carbonyl (C=O) groups excluding carboxylic acids is 1. The first kappa shape index (κ1) is 24.1. The summed E-state index contributed by atoms with van der Waals surface area (Å²) in [5, 5.41) is 20.2. The zero-order valence-electron chi connectivity index (χ0n) is 18.3. The number of nitrogen functional groups attached to an aromatic ring is 1. The molecule has 0 radical (unpaired) electrons. The summed E-state index contributed by atoms with van der Waals surface area (Å²) in [4.78, 5) is 27.9. The monoisotopic (exact) mass is 474 g/mol. The number of halogens is 1. The van der Waals surface area contributed by atoms with E-state index >= 15 is 0 Å². The maximum Gasteiger partial charge on any atom is 0.348 e. The quantitative estimate of drug-likeness (QED) is 0.426. The van der Waals surface area contributed by atoms with Crippen LogP contribution in [0, 0.1) is 17.3 Å². The molecular weight excluding hydrogens is 448 g/mol. The lowest BCUT2D eigenvalue weighted by atomic mass is 9.91. The minimum Gasteiger partial charge on any atom is -0.477 e. The number of hydrogen-bond acceptors (Lipinski definition) is 5. The van der Waals surface area contributed by atoms with Crippen LogP contribution in [0.1, 0.15) is 71.4 Å². The summed E-state index contributed by atoms with van der Waals surface area (Å²) in [6.07, 6.45) is 1.76. The molecule has 1 fully saturated rings. The molecule has 1 aromatic carbocycles. The first-order chi connectivity index (χ1) is 15.0. The third-order valence-electron chi connectivity index (χ3n) is 5.22. The average Bonchev–Trinajstić information content (AvgIpc) is 3.12. The predicted molar refractivity (Wildman–Crippen MR) is 129 cm³/mol. The van der Waals surface area contributed by atoms with Gasteiger partial charge >= 0.3 is 5.97 Å². The van der Waals surface area contributed by atoms with Crippen LogP contribution in [0.2, 0.25) is 5.02 Å². The summed E-state index contributed by atoms with van der Waals surface area (Å²) in [5.41, 5.74) is 6.62. The van der Waals surface area contributed by atoms with Gasteiger partial charge in [-0.2, -0.15) is 0 Å². The molecule has 4 N–H and O–H groups in total. The van der Waals surface area contributed by atoms with Crippen LogP contribution < -0.4 is 10.6 Å².